The standard InChI is InChI=1S/C30H27BrClN5O7S/c1-3-42-29(39)26-17(2)34-30(45)35-27(26)21-6-4-5-7-24(21)43-16-25(38)36-33-14-19-12-22(31)28(23(13-19)37(40)41)44-15-18-8-10-20(32)11-9-18/h4-14,27H,3,15-16H2,1-2H3,(H,36,38)(H2,34,35,45)/t27-/m0/s1. The van der Waals surface area contributed by atoms with Gasteiger partial charge in [0.2, 0.25) is 5.75 Å². The molecule has 0 saturated heterocycles. The van der Waals surface area contributed by atoms with Gasteiger partial charge in [-0.3, -0.25) is 14.9 Å². The second-order valence-electron chi connectivity index (χ2n) is 9.43. The fourth-order valence-corrected chi connectivity index (χ4v) is 5.28. The molecule has 45 heavy (non-hydrogen) atoms. The lowest BCUT2D eigenvalue weighted by atomic mass is 9.95. The highest BCUT2D eigenvalue weighted by molar-refractivity contribution is 9.10. The molecule has 0 spiro atoms. The van der Waals surface area contributed by atoms with Crippen LogP contribution >= 0.6 is 39.7 Å². The average Bonchev–Trinajstić information content (AvgIpc) is 3.00. The van der Waals surface area contributed by atoms with Crippen molar-refractivity contribution in [3.05, 3.63) is 108 Å². The number of hydrogen-bond donors (Lipinski definition) is 3. The Morgan fingerprint density at radius 1 is 1.18 bits per heavy atom. The minimum absolute atomic E-state index is 0.0448. The summed E-state index contributed by atoms with van der Waals surface area (Å²) in [7, 11) is 0. The minimum Gasteiger partial charge on any atom is -0.483 e. The molecule has 0 saturated carbocycles. The van der Waals surface area contributed by atoms with Crippen LogP contribution in [0.25, 0.3) is 0 Å². The van der Waals surface area contributed by atoms with Crippen molar-refractivity contribution in [1.29, 1.82) is 0 Å². The van der Waals surface area contributed by atoms with Crippen LogP contribution in [0.1, 0.15) is 36.6 Å². The predicted molar refractivity (Wildman–Crippen MR) is 175 cm³/mol. The molecular weight excluding hydrogens is 690 g/mol. The highest BCUT2D eigenvalue weighted by atomic mass is 79.9. The summed E-state index contributed by atoms with van der Waals surface area (Å²) < 4.78 is 17.1. The lowest BCUT2D eigenvalue weighted by Crippen LogP contribution is -2.45. The first-order valence-electron chi connectivity index (χ1n) is 13.4. The van der Waals surface area contributed by atoms with Gasteiger partial charge >= 0.3 is 11.7 Å². The van der Waals surface area contributed by atoms with Crippen molar-refractivity contribution in [1.82, 2.24) is 16.1 Å². The van der Waals surface area contributed by atoms with Gasteiger partial charge in [-0.05, 0) is 71.8 Å². The van der Waals surface area contributed by atoms with Crippen LogP contribution in [-0.2, 0) is 20.9 Å². The van der Waals surface area contributed by atoms with Crippen LogP contribution in [0.5, 0.6) is 11.5 Å². The summed E-state index contributed by atoms with van der Waals surface area (Å²) in [6, 6.07) is 16.0. The number of allylic oxidation sites excluding steroid dienone is 1. The molecule has 234 valence electrons. The molecule has 1 aliphatic rings. The topological polar surface area (TPSA) is 153 Å². The van der Waals surface area contributed by atoms with E-state index in [4.69, 9.17) is 38.0 Å². The van der Waals surface area contributed by atoms with Gasteiger partial charge in [-0.1, -0.05) is 41.9 Å². The molecule has 0 bridgehead atoms. The normalized spacial score (nSPS) is 14.4. The van der Waals surface area contributed by atoms with Gasteiger partial charge in [-0.2, -0.15) is 5.10 Å². The number of halogens is 2. The number of hydrazone groups is 1. The fourth-order valence-electron chi connectivity index (χ4n) is 4.30. The molecular formula is C30H27BrClN5O7S. The van der Waals surface area contributed by atoms with E-state index in [0.717, 1.165) is 5.56 Å². The fraction of sp³-hybridized carbons (Fsp3) is 0.200. The number of carbonyl (C=O) groups excluding carboxylic acids is 2. The second kappa shape index (κ2) is 15.5. The van der Waals surface area contributed by atoms with Gasteiger partial charge in [0.15, 0.2) is 11.7 Å². The summed E-state index contributed by atoms with van der Waals surface area (Å²) >= 11 is 14.5. The molecule has 12 nitrogen and oxygen atoms in total. The third kappa shape index (κ3) is 8.77. The molecule has 1 aliphatic heterocycles. The molecule has 4 rings (SSSR count). The van der Waals surface area contributed by atoms with E-state index >= 15 is 0 Å². The maximum Gasteiger partial charge on any atom is 0.338 e. The van der Waals surface area contributed by atoms with E-state index in [-0.39, 0.29) is 24.7 Å². The van der Waals surface area contributed by atoms with Crippen molar-refractivity contribution < 1.29 is 28.7 Å². The Balaban J connectivity index is 1.42. The number of amides is 1. The van der Waals surface area contributed by atoms with Crippen molar-refractivity contribution in [3.8, 4) is 11.5 Å². The SMILES string of the molecule is CCOC(=O)C1=C(C)NC(=S)N[C@H]1c1ccccc1OCC(=O)NN=Cc1cc(Br)c(OCc2ccc(Cl)cc2)c([N+](=O)[O-])c1. The van der Waals surface area contributed by atoms with Gasteiger partial charge in [0.1, 0.15) is 12.4 Å². The maximum atomic E-state index is 12.7. The van der Waals surface area contributed by atoms with Crippen LogP contribution in [0.2, 0.25) is 5.02 Å². The summed E-state index contributed by atoms with van der Waals surface area (Å²) in [6.45, 7) is 3.30. The number of carbonyl (C=O) groups is 2. The van der Waals surface area contributed by atoms with Crippen LogP contribution in [0.15, 0.2) is 81.5 Å². The molecule has 1 atom stereocenters. The summed E-state index contributed by atoms with van der Waals surface area (Å²) in [5.41, 5.74) is 4.60. The lowest BCUT2D eigenvalue weighted by molar-refractivity contribution is -0.386. The van der Waals surface area contributed by atoms with Gasteiger partial charge in [-0.25, -0.2) is 10.2 Å². The number of thiocarbonyl (C=S) groups is 1. The summed E-state index contributed by atoms with van der Waals surface area (Å²) in [6.07, 6.45) is 1.26. The Kier molecular flexibility index (Phi) is 11.5. The van der Waals surface area contributed by atoms with E-state index in [1.54, 1.807) is 68.4 Å². The van der Waals surface area contributed by atoms with Gasteiger partial charge < -0.3 is 24.8 Å². The van der Waals surface area contributed by atoms with Crippen LogP contribution < -0.4 is 25.5 Å². The number of hydrogen-bond acceptors (Lipinski definition) is 9. The highest BCUT2D eigenvalue weighted by Crippen LogP contribution is 2.37. The van der Waals surface area contributed by atoms with Crippen LogP contribution in [-0.4, -0.2) is 41.3 Å². The quantitative estimate of drug-likeness (QED) is 0.0723. The number of nitrogens with zero attached hydrogens (tertiary/aromatic N) is 2. The molecule has 0 radical (unpaired) electrons. The number of esters is 1. The Hall–Kier alpha value is -4.53. The number of nitro benzene ring substituents is 1. The van der Waals surface area contributed by atoms with Gasteiger partial charge in [0.25, 0.3) is 5.91 Å². The zero-order valence-corrected chi connectivity index (χ0v) is 27.1. The first-order valence-corrected chi connectivity index (χ1v) is 15.0. The van der Waals surface area contributed by atoms with Crippen molar-refractivity contribution in [2.45, 2.75) is 26.5 Å². The monoisotopic (exact) mass is 715 g/mol. The molecule has 3 N–H and O–H groups in total. The molecule has 0 aromatic heterocycles. The number of rotatable bonds is 12. The number of benzene rings is 3. The van der Waals surface area contributed by atoms with Gasteiger partial charge in [0, 0.05) is 27.9 Å². The number of nitro groups is 1. The second-order valence-corrected chi connectivity index (χ2v) is 11.1. The lowest BCUT2D eigenvalue weighted by Gasteiger charge is -2.30. The highest BCUT2D eigenvalue weighted by Gasteiger charge is 2.32. The maximum absolute atomic E-state index is 12.7. The zero-order chi connectivity index (χ0) is 32.5. The summed E-state index contributed by atoms with van der Waals surface area (Å²) in [4.78, 5) is 36.5. The minimum atomic E-state index is -0.678. The molecule has 3 aromatic rings. The molecule has 3 aromatic carbocycles. The van der Waals surface area contributed by atoms with E-state index in [9.17, 15) is 19.7 Å². The van der Waals surface area contributed by atoms with E-state index in [1.165, 1.54) is 12.3 Å². The zero-order valence-electron chi connectivity index (χ0n) is 24.0. The summed E-state index contributed by atoms with van der Waals surface area (Å²) in [5, 5.41) is 22.6. The largest absolute Gasteiger partial charge is 0.483 e. The Morgan fingerprint density at radius 2 is 1.91 bits per heavy atom. The van der Waals surface area contributed by atoms with Crippen molar-refractivity contribution in [2.24, 2.45) is 5.10 Å². The Bertz CT molecular complexity index is 1680. The first kappa shape index (κ1) is 33.4. The van der Waals surface area contributed by atoms with E-state index in [2.05, 4.69) is 37.1 Å². The Morgan fingerprint density at radius 3 is 2.62 bits per heavy atom. The van der Waals surface area contributed by atoms with E-state index in [1.807, 2.05) is 0 Å². The molecule has 0 unspecified atom stereocenters. The molecule has 1 amide bonds. The third-order valence-electron chi connectivity index (χ3n) is 6.30. The molecule has 0 aliphatic carbocycles. The molecule has 15 heteroatoms. The Labute approximate surface area is 277 Å². The summed E-state index contributed by atoms with van der Waals surface area (Å²) in [5.74, 6) is -0.730. The van der Waals surface area contributed by atoms with Gasteiger partial charge in [-0.15, -0.1) is 0 Å². The number of nitrogens with one attached hydrogen (secondary N) is 3. The van der Waals surface area contributed by atoms with E-state index < -0.39 is 29.4 Å². The van der Waals surface area contributed by atoms with Crippen LogP contribution in [0.4, 0.5) is 5.69 Å². The molecule has 0 fully saturated rings. The van der Waals surface area contributed by atoms with Crippen molar-refractivity contribution in [2.75, 3.05) is 13.2 Å². The number of ether oxygens (including phenoxy) is 3. The predicted octanol–water partition coefficient (Wildman–Crippen LogP) is 5.47. The smallest absolute Gasteiger partial charge is 0.338 e. The third-order valence-corrected chi connectivity index (χ3v) is 7.36. The van der Waals surface area contributed by atoms with Gasteiger partial charge in [0.05, 0.1) is 33.8 Å². The average molecular weight is 717 g/mol. The van der Waals surface area contributed by atoms with E-state index in [0.29, 0.717) is 42.8 Å². The van der Waals surface area contributed by atoms with Crippen molar-refractivity contribution >= 4 is 68.6 Å². The van der Waals surface area contributed by atoms with Crippen molar-refractivity contribution in [3.63, 3.8) is 0 Å². The van der Waals surface area contributed by atoms with Crippen LogP contribution in [0, 0.1) is 10.1 Å². The van der Waals surface area contributed by atoms with Crippen LogP contribution in [0.3, 0.4) is 0 Å². The first-order chi connectivity index (χ1) is 21.6. The number of para-hydroxylation sites is 1. The molecule has 1 heterocycles.